The van der Waals surface area contributed by atoms with Crippen molar-refractivity contribution < 1.29 is 14.2 Å². The van der Waals surface area contributed by atoms with Crippen LogP contribution in [0.1, 0.15) is 5.56 Å². The smallest absolute Gasteiger partial charge is 0.233 e. The lowest BCUT2D eigenvalue weighted by Crippen LogP contribution is -2.11. The molecule has 3 aromatic carbocycles. The van der Waals surface area contributed by atoms with Crippen molar-refractivity contribution in [2.45, 2.75) is 0 Å². The van der Waals surface area contributed by atoms with Gasteiger partial charge in [0.2, 0.25) is 5.88 Å². The third-order valence-electron chi connectivity index (χ3n) is 4.90. The van der Waals surface area contributed by atoms with Crippen LogP contribution in [0.5, 0.6) is 17.4 Å². The minimum atomic E-state index is 0.261. The van der Waals surface area contributed by atoms with Crippen molar-refractivity contribution >= 4 is 0 Å². The molecule has 0 amide bonds. The molecule has 0 radical (unpaired) electrons. The van der Waals surface area contributed by atoms with Crippen LogP contribution in [0.25, 0.3) is 22.4 Å². The molecule has 0 aliphatic carbocycles. The van der Waals surface area contributed by atoms with Gasteiger partial charge in [0.05, 0.1) is 12.8 Å². The Balaban J connectivity index is 1.66. The van der Waals surface area contributed by atoms with E-state index in [0.717, 1.165) is 33.9 Å². The van der Waals surface area contributed by atoms with Crippen molar-refractivity contribution in [1.82, 2.24) is 4.98 Å². The van der Waals surface area contributed by atoms with Crippen LogP contribution in [0.2, 0.25) is 0 Å². The summed E-state index contributed by atoms with van der Waals surface area (Å²) in [5.41, 5.74) is 3.69. The molecule has 5 heteroatoms. The molecule has 0 aliphatic rings. The second kappa shape index (κ2) is 10.1. The minimum Gasteiger partial charge on any atom is -0.497 e. The normalized spacial score (nSPS) is 10.2. The molecule has 0 saturated carbocycles. The maximum atomic E-state index is 9.93. The van der Waals surface area contributed by atoms with Gasteiger partial charge in [0.25, 0.3) is 0 Å². The number of hydrogen-bond donors (Lipinski definition) is 0. The number of rotatable bonds is 8. The van der Waals surface area contributed by atoms with Crippen LogP contribution in [-0.2, 0) is 0 Å². The van der Waals surface area contributed by atoms with Gasteiger partial charge in [-0.15, -0.1) is 0 Å². The number of aromatic nitrogens is 1. The third kappa shape index (κ3) is 4.88. The summed E-state index contributed by atoms with van der Waals surface area (Å²) in [6, 6.07) is 31.1. The topological polar surface area (TPSA) is 64.4 Å². The average molecular weight is 422 g/mol. The Morgan fingerprint density at radius 1 is 0.750 bits per heavy atom. The van der Waals surface area contributed by atoms with Crippen LogP contribution in [0.15, 0.2) is 91.0 Å². The van der Waals surface area contributed by atoms with E-state index < -0.39 is 0 Å². The SMILES string of the molecule is COc1ccc(-c2cc(-c3ccccc3)nc(OCCOc3ccccc3)c2C#N)cc1. The van der Waals surface area contributed by atoms with Gasteiger partial charge in [-0.1, -0.05) is 60.7 Å². The van der Waals surface area contributed by atoms with E-state index in [1.807, 2.05) is 91.0 Å². The van der Waals surface area contributed by atoms with Gasteiger partial charge in [-0.3, -0.25) is 0 Å². The second-order valence-corrected chi connectivity index (χ2v) is 6.95. The summed E-state index contributed by atoms with van der Waals surface area (Å²) in [4.78, 5) is 4.65. The lowest BCUT2D eigenvalue weighted by molar-refractivity contribution is 0.212. The third-order valence-corrected chi connectivity index (χ3v) is 4.90. The second-order valence-electron chi connectivity index (χ2n) is 6.95. The number of pyridine rings is 1. The van der Waals surface area contributed by atoms with Crippen molar-refractivity contribution in [2.24, 2.45) is 0 Å². The molecule has 1 aromatic heterocycles. The van der Waals surface area contributed by atoms with Crippen LogP contribution < -0.4 is 14.2 Å². The molecule has 158 valence electrons. The van der Waals surface area contributed by atoms with E-state index in [2.05, 4.69) is 11.1 Å². The van der Waals surface area contributed by atoms with Crippen LogP contribution >= 0.6 is 0 Å². The minimum absolute atomic E-state index is 0.261. The fraction of sp³-hybridized carbons (Fsp3) is 0.111. The number of para-hydroxylation sites is 1. The first-order chi connectivity index (χ1) is 15.8. The number of nitrogens with zero attached hydrogens (tertiary/aromatic N) is 2. The van der Waals surface area contributed by atoms with Gasteiger partial charge >= 0.3 is 0 Å². The zero-order valence-corrected chi connectivity index (χ0v) is 17.7. The first-order valence-electron chi connectivity index (χ1n) is 10.2. The summed E-state index contributed by atoms with van der Waals surface area (Å²) in [5.74, 6) is 1.80. The van der Waals surface area contributed by atoms with Gasteiger partial charge in [-0.05, 0) is 35.9 Å². The summed E-state index contributed by atoms with van der Waals surface area (Å²) >= 11 is 0. The van der Waals surface area contributed by atoms with Crippen LogP contribution in [0.3, 0.4) is 0 Å². The monoisotopic (exact) mass is 422 g/mol. The maximum Gasteiger partial charge on any atom is 0.233 e. The van der Waals surface area contributed by atoms with Crippen molar-refractivity contribution in [2.75, 3.05) is 20.3 Å². The van der Waals surface area contributed by atoms with Crippen LogP contribution in [-0.4, -0.2) is 25.3 Å². The molecule has 4 aromatic rings. The number of benzene rings is 3. The lowest BCUT2D eigenvalue weighted by atomic mass is 9.98. The summed E-state index contributed by atoms with van der Waals surface area (Å²) in [6.45, 7) is 0.598. The van der Waals surface area contributed by atoms with Gasteiger partial charge < -0.3 is 14.2 Å². The van der Waals surface area contributed by atoms with E-state index >= 15 is 0 Å². The largest absolute Gasteiger partial charge is 0.497 e. The summed E-state index contributed by atoms with van der Waals surface area (Å²) in [7, 11) is 1.62. The quantitative estimate of drug-likeness (QED) is 0.338. The molecule has 0 atom stereocenters. The van der Waals surface area contributed by atoms with Crippen LogP contribution in [0.4, 0.5) is 0 Å². The Hall–Kier alpha value is -4.30. The highest BCUT2D eigenvalue weighted by Gasteiger charge is 2.17. The molecular weight excluding hydrogens is 400 g/mol. The Morgan fingerprint density at radius 2 is 1.41 bits per heavy atom. The van der Waals surface area contributed by atoms with Crippen molar-refractivity contribution in [1.29, 1.82) is 5.26 Å². The highest BCUT2D eigenvalue weighted by atomic mass is 16.5. The van der Waals surface area contributed by atoms with E-state index in [4.69, 9.17) is 14.2 Å². The predicted molar refractivity (Wildman–Crippen MR) is 124 cm³/mol. The van der Waals surface area contributed by atoms with Crippen molar-refractivity contribution in [3.05, 3.63) is 96.6 Å². The molecular formula is C27H22N2O3. The van der Waals surface area contributed by atoms with E-state index in [1.165, 1.54) is 0 Å². The summed E-state index contributed by atoms with van der Waals surface area (Å²) in [5, 5.41) is 9.93. The van der Waals surface area contributed by atoms with Crippen LogP contribution in [0, 0.1) is 11.3 Å². The highest BCUT2D eigenvalue weighted by Crippen LogP contribution is 2.34. The lowest BCUT2D eigenvalue weighted by Gasteiger charge is -2.14. The first kappa shape index (κ1) is 21.0. The van der Waals surface area contributed by atoms with Crippen molar-refractivity contribution in [3.8, 4) is 45.8 Å². The number of methoxy groups -OCH3 is 1. The maximum absolute atomic E-state index is 9.93. The van der Waals surface area contributed by atoms with E-state index in [0.29, 0.717) is 12.2 Å². The summed E-state index contributed by atoms with van der Waals surface area (Å²) in [6.07, 6.45) is 0. The summed E-state index contributed by atoms with van der Waals surface area (Å²) < 4.78 is 16.9. The fourth-order valence-electron chi connectivity index (χ4n) is 3.30. The molecule has 0 N–H and O–H groups in total. The van der Waals surface area contributed by atoms with Gasteiger partial charge in [0.15, 0.2) is 0 Å². The average Bonchev–Trinajstić information content (AvgIpc) is 2.87. The van der Waals surface area contributed by atoms with Gasteiger partial charge in [-0.2, -0.15) is 5.26 Å². The van der Waals surface area contributed by atoms with E-state index in [9.17, 15) is 5.26 Å². The molecule has 0 unspecified atom stereocenters. The molecule has 0 saturated heterocycles. The Bertz CT molecular complexity index is 1200. The van der Waals surface area contributed by atoms with Gasteiger partial charge in [-0.25, -0.2) is 4.98 Å². The molecule has 0 bridgehead atoms. The molecule has 1 heterocycles. The zero-order chi connectivity index (χ0) is 22.2. The van der Waals surface area contributed by atoms with E-state index in [-0.39, 0.29) is 12.5 Å². The van der Waals surface area contributed by atoms with Gasteiger partial charge in [0, 0.05) is 11.1 Å². The number of ether oxygens (including phenoxy) is 3. The molecule has 0 fully saturated rings. The highest BCUT2D eigenvalue weighted by molar-refractivity contribution is 5.78. The first-order valence-corrected chi connectivity index (χ1v) is 10.2. The molecule has 4 rings (SSSR count). The number of hydrogen-bond acceptors (Lipinski definition) is 5. The van der Waals surface area contributed by atoms with E-state index in [1.54, 1.807) is 7.11 Å². The molecule has 32 heavy (non-hydrogen) atoms. The fourth-order valence-corrected chi connectivity index (χ4v) is 3.30. The predicted octanol–water partition coefficient (Wildman–Crippen LogP) is 5.75. The Kier molecular flexibility index (Phi) is 6.64. The zero-order valence-electron chi connectivity index (χ0n) is 17.7. The Morgan fingerprint density at radius 3 is 2.06 bits per heavy atom. The standard InChI is InChI=1S/C27H22N2O3/c1-30-22-14-12-20(13-15-22)24-18-26(21-8-4-2-5-9-21)29-27(25(24)19-28)32-17-16-31-23-10-6-3-7-11-23/h2-15,18H,16-17H2,1H3. The molecule has 0 aliphatic heterocycles. The Labute approximate surface area is 187 Å². The van der Waals surface area contributed by atoms with Gasteiger partial charge in [0.1, 0.15) is 36.3 Å². The number of nitriles is 1. The van der Waals surface area contributed by atoms with Crippen molar-refractivity contribution in [3.63, 3.8) is 0 Å². The molecule has 0 spiro atoms. The molecule has 5 nitrogen and oxygen atoms in total.